The highest BCUT2D eigenvalue weighted by Crippen LogP contribution is 2.28. The van der Waals surface area contributed by atoms with Gasteiger partial charge in [-0.15, -0.1) is 10.2 Å². The average molecular weight is 530 g/mol. The molecule has 1 heterocycles. The maximum atomic E-state index is 13.1. The van der Waals surface area contributed by atoms with Gasteiger partial charge in [-0.2, -0.15) is 0 Å². The Morgan fingerprint density at radius 3 is 2.39 bits per heavy atom. The fourth-order valence-electron chi connectivity index (χ4n) is 3.24. The third-order valence-electron chi connectivity index (χ3n) is 5.52. The van der Waals surface area contributed by atoms with Crippen molar-refractivity contribution in [2.24, 2.45) is 5.92 Å². The molecule has 0 unspecified atom stereocenters. The largest absolute Gasteiger partial charge is 0.340 e. The number of carbonyl (C=O) groups excluding carboxylic acids is 2. The number of hydrogen-bond acceptors (Lipinski definition) is 5. The van der Waals surface area contributed by atoms with Gasteiger partial charge in [0.1, 0.15) is 11.0 Å². The molecule has 3 rings (SSSR count). The summed E-state index contributed by atoms with van der Waals surface area (Å²) in [4.78, 5) is 26.0. The highest BCUT2D eigenvalue weighted by atomic mass is 79.9. The predicted molar refractivity (Wildman–Crippen MR) is 138 cm³/mol. The van der Waals surface area contributed by atoms with Gasteiger partial charge in [-0.05, 0) is 41.2 Å². The SMILES string of the molecule is CC[C@@H](C)[C@H](NC(=O)c1ccc(C(C)(C)C)cc1)C(=O)Nc1nnc(-c2cccc(Br)c2)s1. The highest BCUT2D eigenvalue weighted by Gasteiger charge is 2.27. The molecule has 2 aromatic carbocycles. The van der Waals surface area contributed by atoms with E-state index >= 15 is 0 Å². The predicted octanol–water partition coefficient (Wildman–Crippen LogP) is 6.05. The van der Waals surface area contributed by atoms with Crippen molar-refractivity contribution in [1.82, 2.24) is 15.5 Å². The van der Waals surface area contributed by atoms with Crippen LogP contribution in [0.25, 0.3) is 10.6 Å². The maximum Gasteiger partial charge on any atom is 0.251 e. The van der Waals surface area contributed by atoms with Gasteiger partial charge in [-0.3, -0.25) is 14.9 Å². The molecule has 0 bridgehead atoms. The Kier molecular flexibility index (Phi) is 8.02. The first-order valence-corrected chi connectivity index (χ1v) is 12.5. The second kappa shape index (κ2) is 10.6. The third-order valence-corrected chi connectivity index (χ3v) is 6.90. The lowest BCUT2D eigenvalue weighted by atomic mass is 9.86. The molecule has 2 N–H and O–H groups in total. The van der Waals surface area contributed by atoms with Crippen LogP contribution in [-0.2, 0) is 10.2 Å². The monoisotopic (exact) mass is 528 g/mol. The lowest BCUT2D eigenvalue weighted by Crippen LogP contribution is -2.47. The summed E-state index contributed by atoms with van der Waals surface area (Å²) < 4.78 is 0.941. The van der Waals surface area contributed by atoms with E-state index in [2.05, 4.69) is 57.5 Å². The topological polar surface area (TPSA) is 84.0 Å². The maximum absolute atomic E-state index is 13.1. The van der Waals surface area contributed by atoms with Gasteiger partial charge in [0.05, 0.1) is 0 Å². The fourth-order valence-corrected chi connectivity index (χ4v) is 4.39. The van der Waals surface area contributed by atoms with Crippen molar-refractivity contribution < 1.29 is 9.59 Å². The van der Waals surface area contributed by atoms with E-state index in [4.69, 9.17) is 0 Å². The van der Waals surface area contributed by atoms with Crippen molar-refractivity contribution in [2.75, 3.05) is 5.32 Å². The number of rotatable bonds is 7. The minimum Gasteiger partial charge on any atom is -0.340 e. The summed E-state index contributed by atoms with van der Waals surface area (Å²) in [5, 5.41) is 15.1. The van der Waals surface area contributed by atoms with E-state index in [9.17, 15) is 9.59 Å². The number of anilines is 1. The zero-order valence-electron chi connectivity index (χ0n) is 19.5. The fraction of sp³-hybridized carbons (Fsp3) is 0.360. The van der Waals surface area contributed by atoms with Gasteiger partial charge in [0.15, 0.2) is 0 Å². The first-order valence-electron chi connectivity index (χ1n) is 10.9. The molecule has 3 aromatic rings. The molecule has 0 saturated carbocycles. The molecular weight excluding hydrogens is 500 g/mol. The van der Waals surface area contributed by atoms with Crippen LogP contribution in [0.1, 0.15) is 57.0 Å². The van der Waals surface area contributed by atoms with Crippen LogP contribution in [0.5, 0.6) is 0 Å². The van der Waals surface area contributed by atoms with Gasteiger partial charge < -0.3 is 5.32 Å². The van der Waals surface area contributed by atoms with Crippen LogP contribution in [0.3, 0.4) is 0 Å². The van der Waals surface area contributed by atoms with Gasteiger partial charge in [-0.1, -0.05) is 92.6 Å². The normalized spacial score (nSPS) is 13.3. The minimum atomic E-state index is -0.692. The summed E-state index contributed by atoms with van der Waals surface area (Å²) in [6.45, 7) is 10.3. The lowest BCUT2D eigenvalue weighted by molar-refractivity contribution is -0.119. The number of hydrogen-bond donors (Lipinski definition) is 2. The Hall–Kier alpha value is -2.58. The van der Waals surface area contributed by atoms with E-state index in [1.807, 2.05) is 50.2 Å². The van der Waals surface area contributed by atoms with Crippen molar-refractivity contribution in [1.29, 1.82) is 0 Å². The van der Waals surface area contributed by atoms with Crippen LogP contribution < -0.4 is 10.6 Å². The highest BCUT2D eigenvalue weighted by molar-refractivity contribution is 9.10. The van der Waals surface area contributed by atoms with Gasteiger partial charge in [0.25, 0.3) is 5.91 Å². The van der Waals surface area contributed by atoms with Gasteiger partial charge in [0, 0.05) is 15.6 Å². The van der Waals surface area contributed by atoms with Gasteiger partial charge in [-0.25, -0.2) is 0 Å². The number of benzene rings is 2. The van der Waals surface area contributed by atoms with E-state index in [0.29, 0.717) is 15.7 Å². The molecule has 0 aliphatic carbocycles. The molecular formula is C25H29BrN4O2S. The molecule has 0 radical (unpaired) electrons. The quantitative estimate of drug-likeness (QED) is 0.391. The number of nitrogens with one attached hydrogen (secondary N) is 2. The van der Waals surface area contributed by atoms with E-state index in [0.717, 1.165) is 22.0 Å². The molecule has 0 aliphatic rings. The smallest absolute Gasteiger partial charge is 0.251 e. The Bertz CT molecular complexity index is 1120. The second-order valence-corrected chi connectivity index (χ2v) is 11.0. The summed E-state index contributed by atoms with van der Waals surface area (Å²) in [6.07, 6.45) is 0.737. The van der Waals surface area contributed by atoms with Crippen molar-refractivity contribution in [3.05, 3.63) is 64.1 Å². The van der Waals surface area contributed by atoms with Crippen molar-refractivity contribution in [3.63, 3.8) is 0 Å². The van der Waals surface area contributed by atoms with Gasteiger partial charge >= 0.3 is 0 Å². The van der Waals surface area contributed by atoms with Crippen LogP contribution in [-0.4, -0.2) is 28.1 Å². The van der Waals surface area contributed by atoms with Crippen molar-refractivity contribution in [3.8, 4) is 10.6 Å². The number of nitrogens with zero attached hydrogens (tertiary/aromatic N) is 2. The number of carbonyl (C=O) groups is 2. The summed E-state index contributed by atoms with van der Waals surface area (Å²) in [7, 11) is 0. The summed E-state index contributed by atoms with van der Waals surface area (Å²) >= 11 is 4.74. The molecule has 6 nitrogen and oxygen atoms in total. The Morgan fingerprint density at radius 2 is 1.79 bits per heavy atom. The van der Waals surface area contributed by atoms with Gasteiger partial charge in [0.2, 0.25) is 11.0 Å². The third kappa shape index (κ3) is 6.48. The lowest BCUT2D eigenvalue weighted by Gasteiger charge is -2.23. The van der Waals surface area contributed by atoms with Crippen LogP contribution in [0, 0.1) is 5.92 Å². The zero-order valence-corrected chi connectivity index (χ0v) is 21.9. The molecule has 1 aromatic heterocycles. The first-order chi connectivity index (χ1) is 15.6. The van der Waals surface area contributed by atoms with Crippen molar-refractivity contribution >= 4 is 44.2 Å². The van der Waals surface area contributed by atoms with E-state index in [1.54, 1.807) is 12.1 Å². The molecule has 0 saturated heterocycles. The zero-order chi connectivity index (χ0) is 24.2. The molecule has 0 fully saturated rings. The molecule has 2 atom stereocenters. The summed E-state index contributed by atoms with van der Waals surface area (Å²) in [5.41, 5.74) is 2.59. The molecule has 8 heteroatoms. The number of halogens is 1. The minimum absolute atomic E-state index is 0.00454. The van der Waals surface area contributed by atoms with E-state index < -0.39 is 6.04 Å². The molecule has 174 valence electrons. The molecule has 0 aliphatic heterocycles. The molecule has 2 amide bonds. The molecule has 0 spiro atoms. The van der Waals surface area contributed by atoms with Crippen molar-refractivity contribution in [2.45, 2.75) is 52.5 Å². The second-order valence-electron chi connectivity index (χ2n) is 9.08. The van der Waals surface area contributed by atoms with Crippen LogP contribution in [0.2, 0.25) is 0 Å². The van der Waals surface area contributed by atoms with E-state index in [1.165, 1.54) is 11.3 Å². The first kappa shape index (κ1) is 25.1. The Balaban J connectivity index is 1.72. The summed E-state index contributed by atoms with van der Waals surface area (Å²) in [6, 6.07) is 14.6. The Morgan fingerprint density at radius 1 is 1.09 bits per heavy atom. The van der Waals surface area contributed by atoms with Crippen LogP contribution >= 0.6 is 27.3 Å². The van der Waals surface area contributed by atoms with E-state index in [-0.39, 0.29) is 23.1 Å². The molecule has 33 heavy (non-hydrogen) atoms. The summed E-state index contributed by atoms with van der Waals surface area (Å²) in [5.74, 6) is -0.635. The average Bonchev–Trinajstić information content (AvgIpc) is 3.24. The van der Waals surface area contributed by atoms with Crippen LogP contribution in [0.15, 0.2) is 53.0 Å². The van der Waals surface area contributed by atoms with Crippen LogP contribution in [0.4, 0.5) is 5.13 Å². The standard InChI is InChI=1S/C25H29BrN4O2S/c1-6-15(2)20(27-21(31)16-10-12-18(13-11-16)25(3,4)5)22(32)28-24-30-29-23(33-24)17-8-7-9-19(26)14-17/h7-15,20H,6H2,1-5H3,(H,27,31)(H,28,30,32)/t15-,20+/m1/s1. The number of amides is 2. The number of aromatic nitrogens is 2. The Labute approximate surface area is 207 Å².